The third kappa shape index (κ3) is 7.58. The highest BCUT2D eigenvalue weighted by molar-refractivity contribution is 6.30. The fraction of sp³-hybridized carbons (Fsp3) is 0.667. The van der Waals surface area contributed by atoms with E-state index in [9.17, 15) is 9.18 Å². The van der Waals surface area contributed by atoms with Gasteiger partial charge in [0.2, 0.25) is 5.91 Å². The number of hydrogen-bond acceptors (Lipinski definition) is 3. The van der Waals surface area contributed by atoms with Gasteiger partial charge in [0.1, 0.15) is 5.82 Å². The number of nitrogens with one attached hydrogen (secondary N) is 2. The Labute approximate surface area is 148 Å². The molecule has 1 aromatic heterocycles. The lowest BCUT2D eigenvalue weighted by Crippen LogP contribution is -2.43. The van der Waals surface area contributed by atoms with Crippen molar-refractivity contribution in [2.24, 2.45) is 5.92 Å². The average Bonchev–Trinajstić information content (AvgIpc) is 2.56. The molecule has 2 heterocycles. The molecule has 2 aliphatic rings. The number of piperidine rings is 1. The number of carbonyl (C=O) groups excluding carboxylic acids is 1. The van der Waals surface area contributed by atoms with Crippen LogP contribution in [0.3, 0.4) is 0 Å². The third-order valence-electron chi connectivity index (χ3n) is 4.63. The van der Waals surface area contributed by atoms with Gasteiger partial charge >= 0.3 is 0 Å². The number of hydrogen-bond donors (Lipinski definition) is 2. The first-order valence-corrected chi connectivity index (χ1v) is 9.27. The number of aromatic nitrogens is 1. The maximum absolute atomic E-state index is 12.0. The molecule has 0 aromatic carbocycles. The zero-order valence-corrected chi connectivity index (χ0v) is 14.8. The van der Waals surface area contributed by atoms with Gasteiger partial charge in [0.15, 0.2) is 0 Å². The Morgan fingerprint density at radius 2 is 2.04 bits per heavy atom. The van der Waals surface area contributed by atoms with Crippen LogP contribution >= 0.6 is 11.6 Å². The normalized spacial score (nSPS) is 21.6. The highest BCUT2D eigenvalue weighted by Crippen LogP contribution is 2.25. The summed E-state index contributed by atoms with van der Waals surface area (Å²) in [5.41, 5.74) is 0. The number of rotatable bonds is 4. The quantitative estimate of drug-likeness (QED) is 0.865. The van der Waals surface area contributed by atoms with Crippen LogP contribution in [0.4, 0.5) is 4.39 Å². The molecule has 1 saturated carbocycles. The van der Waals surface area contributed by atoms with E-state index < -0.39 is 5.82 Å². The Kier molecular flexibility index (Phi) is 8.47. The summed E-state index contributed by atoms with van der Waals surface area (Å²) in [5, 5.41) is 6.74. The average molecular weight is 356 g/mol. The van der Waals surface area contributed by atoms with Crippen LogP contribution in [0.1, 0.15) is 51.4 Å². The van der Waals surface area contributed by atoms with Crippen molar-refractivity contribution in [3.8, 4) is 0 Å². The second-order valence-electron chi connectivity index (χ2n) is 6.61. The van der Waals surface area contributed by atoms with E-state index in [1.807, 2.05) is 0 Å². The maximum atomic E-state index is 12.0. The van der Waals surface area contributed by atoms with Crippen LogP contribution in [0.5, 0.6) is 0 Å². The maximum Gasteiger partial charge on any atom is 0.221 e. The molecule has 1 aliphatic heterocycles. The molecule has 0 spiro atoms. The van der Waals surface area contributed by atoms with Gasteiger partial charge in [-0.05, 0) is 31.4 Å². The fourth-order valence-corrected chi connectivity index (χ4v) is 3.47. The van der Waals surface area contributed by atoms with Crippen LogP contribution in [-0.4, -0.2) is 30.0 Å². The molecule has 0 bridgehead atoms. The van der Waals surface area contributed by atoms with Crippen molar-refractivity contribution in [1.82, 2.24) is 15.6 Å². The van der Waals surface area contributed by atoms with Crippen molar-refractivity contribution in [3.05, 3.63) is 29.3 Å². The number of amides is 1. The minimum atomic E-state index is -0.405. The minimum Gasteiger partial charge on any atom is -0.356 e. The SMILES string of the molecule is Fc1cncc(Cl)c1.O=C1CC(NCCC2CCCCC2)CCN1. The minimum absolute atomic E-state index is 0.210. The van der Waals surface area contributed by atoms with Gasteiger partial charge in [-0.1, -0.05) is 43.7 Å². The summed E-state index contributed by atoms with van der Waals surface area (Å²) in [6, 6.07) is 1.63. The molecule has 1 aromatic rings. The monoisotopic (exact) mass is 355 g/mol. The summed E-state index contributed by atoms with van der Waals surface area (Å²) in [5.74, 6) is 0.748. The number of pyridine rings is 1. The second kappa shape index (κ2) is 10.6. The van der Waals surface area contributed by atoms with Crippen LogP contribution in [0.2, 0.25) is 5.02 Å². The van der Waals surface area contributed by atoms with Gasteiger partial charge in [0.05, 0.1) is 11.2 Å². The predicted molar refractivity (Wildman–Crippen MR) is 94.4 cm³/mol. The molecule has 1 atom stereocenters. The number of nitrogens with zero attached hydrogens (tertiary/aromatic N) is 1. The van der Waals surface area contributed by atoms with Gasteiger partial charge in [-0.2, -0.15) is 0 Å². The molecule has 1 saturated heterocycles. The smallest absolute Gasteiger partial charge is 0.221 e. The van der Waals surface area contributed by atoms with Crippen LogP contribution in [0, 0.1) is 11.7 Å². The van der Waals surface area contributed by atoms with Crippen molar-refractivity contribution in [2.75, 3.05) is 13.1 Å². The molecule has 3 rings (SSSR count). The first kappa shape index (κ1) is 19.1. The Hall–Kier alpha value is -1.20. The van der Waals surface area contributed by atoms with Crippen LogP contribution in [0.15, 0.2) is 18.5 Å². The molecular weight excluding hydrogens is 329 g/mol. The first-order valence-electron chi connectivity index (χ1n) is 8.89. The Bertz CT molecular complexity index is 492. The van der Waals surface area contributed by atoms with E-state index in [2.05, 4.69) is 15.6 Å². The summed E-state index contributed by atoms with van der Waals surface area (Å²) in [6.07, 6.45) is 12.7. The molecule has 4 nitrogen and oxygen atoms in total. The summed E-state index contributed by atoms with van der Waals surface area (Å²) < 4.78 is 12.0. The Morgan fingerprint density at radius 3 is 2.67 bits per heavy atom. The van der Waals surface area contributed by atoms with E-state index in [0.29, 0.717) is 17.5 Å². The topological polar surface area (TPSA) is 54.0 Å². The molecular formula is C18H27ClFN3O. The van der Waals surface area contributed by atoms with Crippen LogP contribution < -0.4 is 10.6 Å². The van der Waals surface area contributed by atoms with E-state index in [-0.39, 0.29) is 5.91 Å². The zero-order valence-electron chi connectivity index (χ0n) is 14.1. The third-order valence-corrected chi connectivity index (χ3v) is 4.84. The van der Waals surface area contributed by atoms with Gasteiger partial charge in [-0.15, -0.1) is 0 Å². The first-order chi connectivity index (χ1) is 11.6. The lowest BCUT2D eigenvalue weighted by Gasteiger charge is -2.25. The van der Waals surface area contributed by atoms with Gasteiger partial charge in [-0.3, -0.25) is 9.78 Å². The van der Waals surface area contributed by atoms with Gasteiger partial charge in [0.25, 0.3) is 0 Å². The highest BCUT2D eigenvalue weighted by atomic mass is 35.5. The van der Waals surface area contributed by atoms with Crippen molar-refractivity contribution in [3.63, 3.8) is 0 Å². The molecule has 6 heteroatoms. The molecule has 134 valence electrons. The lowest BCUT2D eigenvalue weighted by atomic mass is 9.87. The molecule has 1 amide bonds. The van der Waals surface area contributed by atoms with E-state index in [1.165, 1.54) is 50.8 Å². The molecule has 2 fully saturated rings. The summed E-state index contributed by atoms with van der Waals surface area (Å²) in [6.45, 7) is 1.95. The van der Waals surface area contributed by atoms with Gasteiger partial charge < -0.3 is 10.6 Å². The Morgan fingerprint density at radius 1 is 1.25 bits per heavy atom. The van der Waals surface area contributed by atoms with Crippen molar-refractivity contribution >= 4 is 17.5 Å². The molecule has 2 N–H and O–H groups in total. The van der Waals surface area contributed by atoms with Gasteiger partial charge in [-0.25, -0.2) is 4.39 Å². The van der Waals surface area contributed by atoms with Crippen molar-refractivity contribution in [1.29, 1.82) is 0 Å². The summed E-state index contributed by atoms with van der Waals surface area (Å²) >= 11 is 5.34. The van der Waals surface area contributed by atoms with E-state index in [4.69, 9.17) is 11.6 Å². The second-order valence-corrected chi connectivity index (χ2v) is 7.04. The Balaban J connectivity index is 0.000000219. The highest BCUT2D eigenvalue weighted by Gasteiger charge is 2.19. The lowest BCUT2D eigenvalue weighted by molar-refractivity contribution is -0.122. The van der Waals surface area contributed by atoms with E-state index >= 15 is 0 Å². The number of halogens is 2. The van der Waals surface area contributed by atoms with Crippen molar-refractivity contribution < 1.29 is 9.18 Å². The fourth-order valence-electron chi connectivity index (χ4n) is 3.31. The van der Waals surface area contributed by atoms with Crippen LogP contribution in [-0.2, 0) is 4.79 Å². The predicted octanol–water partition coefficient (Wildman–Crippen LogP) is 3.70. The van der Waals surface area contributed by atoms with Gasteiger partial charge in [0, 0.05) is 25.2 Å². The summed E-state index contributed by atoms with van der Waals surface area (Å²) in [4.78, 5) is 14.7. The molecule has 1 unspecified atom stereocenters. The van der Waals surface area contributed by atoms with E-state index in [0.717, 1.165) is 31.6 Å². The van der Waals surface area contributed by atoms with Crippen molar-refractivity contribution in [2.45, 2.75) is 57.4 Å². The van der Waals surface area contributed by atoms with E-state index in [1.54, 1.807) is 0 Å². The standard InChI is InChI=1S/C13H24N2O.C5H3ClFN/c16-13-10-12(7-9-15-13)14-8-6-11-4-2-1-3-5-11;6-4-1-5(7)3-8-2-4/h11-12,14H,1-10H2,(H,15,16);1-3H. The van der Waals surface area contributed by atoms with Crippen LogP contribution in [0.25, 0.3) is 0 Å². The molecule has 24 heavy (non-hydrogen) atoms. The number of carbonyl (C=O) groups is 1. The zero-order chi connectivity index (χ0) is 17.2. The molecule has 1 aliphatic carbocycles. The summed E-state index contributed by atoms with van der Waals surface area (Å²) in [7, 11) is 0. The largest absolute Gasteiger partial charge is 0.356 e. The molecule has 0 radical (unpaired) electrons.